The quantitative estimate of drug-likeness (QED) is 0.502. The summed E-state index contributed by atoms with van der Waals surface area (Å²) in [6.45, 7) is 4.79. The first-order valence-electron chi connectivity index (χ1n) is 12.4. The molecule has 1 fully saturated rings. The lowest BCUT2D eigenvalue weighted by Crippen LogP contribution is -2.45. The lowest BCUT2D eigenvalue weighted by Gasteiger charge is -2.38. The number of likely N-dealkylation sites (tertiary alicyclic amines) is 1. The van der Waals surface area contributed by atoms with E-state index in [1.54, 1.807) is 24.8 Å². The molecule has 2 aromatic rings. The number of hydrogen-bond acceptors (Lipinski definition) is 7. The van der Waals surface area contributed by atoms with Gasteiger partial charge in [-0.3, -0.25) is 14.5 Å². The third-order valence-corrected chi connectivity index (χ3v) is 8.33. The van der Waals surface area contributed by atoms with Gasteiger partial charge in [0.15, 0.2) is 9.84 Å². The van der Waals surface area contributed by atoms with Gasteiger partial charge in [-0.25, -0.2) is 8.42 Å². The van der Waals surface area contributed by atoms with Gasteiger partial charge in [-0.2, -0.15) is 0 Å². The lowest BCUT2D eigenvalue weighted by atomic mass is 10.0. The van der Waals surface area contributed by atoms with Gasteiger partial charge in [0.05, 0.1) is 29.1 Å². The van der Waals surface area contributed by atoms with E-state index in [1.165, 1.54) is 36.4 Å². The molecule has 0 radical (unpaired) electrons. The molecule has 2 amide bonds. The van der Waals surface area contributed by atoms with Gasteiger partial charge in [0.25, 0.3) is 0 Å². The van der Waals surface area contributed by atoms with Gasteiger partial charge in [-0.1, -0.05) is 18.2 Å². The number of sulfone groups is 1. The molecule has 13 heteroatoms. The zero-order chi connectivity index (χ0) is 28.5. The molecule has 1 saturated heterocycles. The van der Waals surface area contributed by atoms with Crippen molar-refractivity contribution in [1.82, 2.24) is 9.80 Å². The topological polar surface area (TPSA) is 116 Å². The fraction of sp³-hybridized carbons (Fsp3) is 0.462. The molecular weight excluding hydrogens is 539 g/mol. The second kappa shape index (κ2) is 11.1. The van der Waals surface area contributed by atoms with Crippen molar-refractivity contribution in [3.8, 4) is 5.75 Å². The Morgan fingerprint density at radius 3 is 2.62 bits per heavy atom. The van der Waals surface area contributed by atoms with Crippen molar-refractivity contribution in [1.29, 1.82) is 0 Å². The largest absolute Gasteiger partial charge is 0.573 e. The van der Waals surface area contributed by atoms with Crippen molar-refractivity contribution < 1.29 is 41.0 Å². The highest BCUT2D eigenvalue weighted by Crippen LogP contribution is 2.32. The Morgan fingerprint density at radius 1 is 1.23 bits per heavy atom. The van der Waals surface area contributed by atoms with Crippen LogP contribution < -0.4 is 10.1 Å². The Kier molecular flexibility index (Phi) is 8.24. The highest BCUT2D eigenvalue weighted by atomic mass is 32.2. The van der Waals surface area contributed by atoms with Crippen LogP contribution in [0.15, 0.2) is 47.4 Å². The van der Waals surface area contributed by atoms with Crippen molar-refractivity contribution >= 4 is 27.3 Å². The molecule has 0 unspecified atom stereocenters. The van der Waals surface area contributed by atoms with Crippen molar-refractivity contribution in [2.24, 2.45) is 0 Å². The predicted octanol–water partition coefficient (Wildman–Crippen LogP) is 2.90. The van der Waals surface area contributed by atoms with Crippen LogP contribution in [0.5, 0.6) is 5.75 Å². The third-order valence-electron chi connectivity index (χ3n) is 6.66. The number of carbonyl (C=O) groups is 2. The van der Waals surface area contributed by atoms with Gasteiger partial charge in [-0.15, -0.1) is 13.2 Å². The van der Waals surface area contributed by atoms with E-state index in [1.807, 2.05) is 4.90 Å². The molecule has 9 nitrogen and oxygen atoms in total. The lowest BCUT2D eigenvalue weighted by molar-refractivity contribution is -0.274. The number of alkyl halides is 3. The number of anilines is 1. The number of fused-ring (bicyclic) bond motifs is 1. The van der Waals surface area contributed by atoms with Crippen LogP contribution in [-0.2, 0) is 25.8 Å². The molecule has 0 aromatic heterocycles. The minimum Gasteiger partial charge on any atom is -0.406 e. The van der Waals surface area contributed by atoms with Crippen molar-refractivity contribution in [3.05, 3.63) is 53.6 Å². The Balaban J connectivity index is 1.65. The SMILES string of the molecule is CC(C)N(C(=O)Cc1ccc2c(c1)NC(=O)CS2(=O)=O)[C@H](CN1CC[C@H](O)C1)c1cccc(OC(F)(F)F)c1. The molecule has 0 bridgehead atoms. The number of β-amino-alcohol motifs (C(OH)–C–C–N with tert-alkyl or cyclic N) is 1. The number of nitrogens with zero attached hydrogens (tertiary/aromatic N) is 2. The third kappa shape index (κ3) is 7.08. The molecule has 2 aliphatic rings. The summed E-state index contributed by atoms with van der Waals surface area (Å²) in [6.07, 6.45) is -5.01. The summed E-state index contributed by atoms with van der Waals surface area (Å²) in [4.78, 5) is 29.1. The van der Waals surface area contributed by atoms with Crippen LogP contribution in [0, 0.1) is 0 Å². The number of aliphatic hydroxyl groups excluding tert-OH is 1. The standard InChI is InChI=1S/C26H30F3N3O6S/c1-16(2)32(25(35)11-17-6-7-23-21(10-17)30-24(34)15-39(23,36)37)22(14-31-9-8-19(33)13-31)18-4-3-5-20(12-18)38-26(27,28)29/h3-7,10,12,16,19,22,33H,8-9,11,13-15H2,1-2H3,(H,30,34)/t19-,22+/m0/s1. The van der Waals surface area contributed by atoms with E-state index in [2.05, 4.69) is 10.1 Å². The van der Waals surface area contributed by atoms with Crippen molar-refractivity contribution in [2.75, 3.05) is 30.7 Å². The Hall–Kier alpha value is -3.16. The molecule has 2 atom stereocenters. The van der Waals surface area contributed by atoms with E-state index < -0.39 is 45.8 Å². The van der Waals surface area contributed by atoms with E-state index in [4.69, 9.17) is 0 Å². The molecule has 39 heavy (non-hydrogen) atoms. The maximum absolute atomic E-state index is 13.7. The molecule has 2 aliphatic heterocycles. The molecule has 2 N–H and O–H groups in total. The molecule has 2 aromatic carbocycles. The zero-order valence-corrected chi connectivity index (χ0v) is 22.3. The average Bonchev–Trinajstić information content (AvgIpc) is 3.21. The normalized spacial score (nSPS) is 19.9. The molecule has 0 aliphatic carbocycles. The van der Waals surface area contributed by atoms with Gasteiger partial charge in [-0.05, 0) is 55.7 Å². The van der Waals surface area contributed by atoms with Crippen LogP contribution in [0.4, 0.5) is 18.9 Å². The van der Waals surface area contributed by atoms with Crippen LogP contribution in [0.3, 0.4) is 0 Å². The number of halogens is 3. The molecule has 0 saturated carbocycles. The van der Waals surface area contributed by atoms with Gasteiger partial charge in [0.2, 0.25) is 11.8 Å². The fourth-order valence-corrected chi connectivity index (χ4v) is 6.37. The molecular formula is C26H30F3N3O6S. The number of rotatable bonds is 8. The van der Waals surface area contributed by atoms with Gasteiger partial charge in [0, 0.05) is 25.7 Å². The van der Waals surface area contributed by atoms with E-state index in [0.29, 0.717) is 30.6 Å². The predicted molar refractivity (Wildman–Crippen MR) is 136 cm³/mol. The summed E-state index contributed by atoms with van der Waals surface area (Å²) in [5.74, 6) is -2.07. The van der Waals surface area contributed by atoms with Gasteiger partial charge < -0.3 is 20.1 Å². The van der Waals surface area contributed by atoms with E-state index in [0.717, 1.165) is 0 Å². The van der Waals surface area contributed by atoms with Gasteiger partial charge in [0.1, 0.15) is 11.5 Å². The van der Waals surface area contributed by atoms with Crippen molar-refractivity contribution in [3.63, 3.8) is 0 Å². The number of amides is 2. The summed E-state index contributed by atoms with van der Waals surface area (Å²) < 4.78 is 67.5. The Morgan fingerprint density at radius 2 is 1.97 bits per heavy atom. The second-order valence-corrected chi connectivity index (χ2v) is 12.0. The number of ether oxygens (including phenoxy) is 1. The molecule has 2 heterocycles. The first kappa shape index (κ1) is 28.8. The van der Waals surface area contributed by atoms with Crippen molar-refractivity contribution in [2.45, 2.75) is 56.1 Å². The summed E-state index contributed by atoms with van der Waals surface area (Å²) in [5, 5.41) is 12.5. The van der Waals surface area contributed by atoms with Crippen LogP contribution in [0.1, 0.15) is 37.4 Å². The van der Waals surface area contributed by atoms with E-state index in [9.17, 15) is 36.3 Å². The molecule has 4 rings (SSSR count). The summed E-state index contributed by atoms with van der Waals surface area (Å²) >= 11 is 0. The summed E-state index contributed by atoms with van der Waals surface area (Å²) in [7, 11) is -3.78. The zero-order valence-electron chi connectivity index (χ0n) is 21.4. The average molecular weight is 570 g/mol. The molecule has 0 spiro atoms. The maximum Gasteiger partial charge on any atom is 0.573 e. The van der Waals surface area contributed by atoms with Crippen LogP contribution in [0.25, 0.3) is 0 Å². The second-order valence-electron chi connectivity index (χ2n) is 10.0. The Labute approximate surface area is 224 Å². The number of nitrogens with one attached hydrogen (secondary N) is 1. The molecule has 212 valence electrons. The van der Waals surface area contributed by atoms with E-state index in [-0.39, 0.29) is 35.5 Å². The number of benzene rings is 2. The minimum atomic E-state index is -4.88. The minimum absolute atomic E-state index is 0.0223. The number of carbonyl (C=O) groups excluding carboxylic acids is 2. The smallest absolute Gasteiger partial charge is 0.406 e. The fourth-order valence-electron chi connectivity index (χ4n) is 5.08. The summed E-state index contributed by atoms with van der Waals surface area (Å²) in [5.41, 5.74) is 1.00. The summed E-state index contributed by atoms with van der Waals surface area (Å²) in [6, 6.07) is 8.78. The van der Waals surface area contributed by atoms with Crippen LogP contribution in [-0.4, -0.2) is 79.0 Å². The monoisotopic (exact) mass is 569 g/mol. The highest BCUT2D eigenvalue weighted by molar-refractivity contribution is 7.92. The van der Waals surface area contributed by atoms with Crippen LogP contribution >= 0.6 is 0 Å². The highest BCUT2D eigenvalue weighted by Gasteiger charge is 2.35. The Bertz CT molecular complexity index is 1350. The van der Waals surface area contributed by atoms with E-state index >= 15 is 0 Å². The number of hydrogen-bond donors (Lipinski definition) is 2. The van der Waals surface area contributed by atoms with Gasteiger partial charge >= 0.3 is 6.36 Å². The first-order valence-corrected chi connectivity index (χ1v) is 14.1. The first-order chi connectivity index (χ1) is 18.2. The number of aliphatic hydroxyl groups is 1. The maximum atomic E-state index is 13.7. The van der Waals surface area contributed by atoms with Crippen LogP contribution in [0.2, 0.25) is 0 Å².